The second-order valence-electron chi connectivity index (χ2n) is 5.29. The maximum absolute atomic E-state index is 9.71. The Hall–Kier alpha value is -0.380. The molecule has 1 fully saturated rings. The molecule has 0 spiro atoms. The average Bonchev–Trinajstić information content (AvgIpc) is 3.04. The zero-order valence-electron chi connectivity index (χ0n) is 10.3. The minimum Gasteiger partial charge on any atom is -0.396 e. The molecule has 0 atom stereocenters. The summed E-state index contributed by atoms with van der Waals surface area (Å²) in [6.45, 7) is 0.247. The van der Waals surface area contributed by atoms with Crippen LogP contribution < -0.4 is 0 Å². The highest BCUT2D eigenvalue weighted by atomic mass is 32.1. The van der Waals surface area contributed by atoms with E-state index < -0.39 is 0 Å². The number of thiophene rings is 1. The molecule has 0 saturated heterocycles. The lowest BCUT2D eigenvalue weighted by Crippen LogP contribution is -2.37. The van der Waals surface area contributed by atoms with E-state index in [9.17, 15) is 10.2 Å². The molecule has 17 heavy (non-hydrogen) atoms. The van der Waals surface area contributed by atoms with Crippen molar-refractivity contribution in [1.29, 1.82) is 0 Å². The van der Waals surface area contributed by atoms with Gasteiger partial charge in [-0.05, 0) is 54.0 Å². The third-order valence-corrected chi connectivity index (χ3v) is 5.07. The Kier molecular flexibility index (Phi) is 4.60. The van der Waals surface area contributed by atoms with Crippen molar-refractivity contribution in [3.8, 4) is 0 Å². The summed E-state index contributed by atoms with van der Waals surface area (Å²) >= 11 is 1.71. The number of aryl methyl sites for hydroxylation is 1. The summed E-state index contributed by atoms with van der Waals surface area (Å²) in [6, 6.07) is 2.14. The fourth-order valence-electron chi connectivity index (χ4n) is 3.04. The number of hydrogen-bond acceptors (Lipinski definition) is 3. The van der Waals surface area contributed by atoms with Gasteiger partial charge in [0.25, 0.3) is 0 Å². The first-order chi connectivity index (χ1) is 8.30. The van der Waals surface area contributed by atoms with Crippen LogP contribution in [0.3, 0.4) is 0 Å². The molecule has 0 aliphatic heterocycles. The summed E-state index contributed by atoms with van der Waals surface area (Å²) in [5.74, 6) is 0.510. The quantitative estimate of drug-likeness (QED) is 0.819. The van der Waals surface area contributed by atoms with Crippen LogP contribution in [0.1, 0.15) is 37.7 Å². The number of aliphatic hydroxyl groups excluding tert-OH is 2. The number of rotatable bonds is 6. The standard InChI is InChI=1S/C14H22O2S/c15-10-14(11-16,13-3-1-2-4-13)7-5-12-6-8-17-9-12/h6,8-9,13,15-16H,1-5,7,10-11H2. The van der Waals surface area contributed by atoms with E-state index in [1.165, 1.54) is 31.2 Å². The molecule has 2 rings (SSSR count). The monoisotopic (exact) mass is 254 g/mol. The maximum atomic E-state index is 9.71. The Balaban J connectivity index is 2.00. The summed E-state index contributed by atoms with van der Waals surface area (Å²) in [4.78, 5) is 0. The summed E-state index contributed by atoms with van der Waals surface area (Å²) in [5.41, 5.74) is 1.08. The van der Waals surface area contributed by atoms with Gasteiger partial charge >= 0.3 is 0 Å². The van der Waals surface area contributed by atoms with Gasteiger partial charge < -0.3 is 10.2 Å². The first-order valence-electron chi connectivity index (χ1n) is 6.53. The van der Waals surface area contributed by atoms with Crippen molar-refractivity contribution in [3.63, 3.8) is 0 Å². The highest BCUT2D eigenvalue weighted by Gasteiger charge is 2.38. The van der Waals surface area contributed by atoms with Crippen molar-refractivity contribution < 1.29 is 10.2 Å². The van der Waals surface area contributed by atoms with Crippen molar-refractivity contribution in [3.05, 3.63) is 22.4 Å². The summed E-state index contributed by atoms with van der Waals surface area (Å²) in [7, 11) is 0. The van der Waals surface area contributed by atoms with Gasteiger partial charge in [0.2, 0.25) is 0 Å². The van der Waals surface area contributed by atoms with Crippen molar-refractivity contribution >= 4 is 11.3 Å². The van der Waals surface area contributed by atoms with E-state index in [0.29, 0.717) is 5.92 Å². The molecule has 2 nitrogen and oxygen atoms in total. The molecule has 1 saturated carbocycles. The third-order valence-electron chi connectivity index (χ3n) is 4.34. The highest BCUT2D eigenvalue weighted by Crippen LogP contribution is 2.42. The Morgan fingerprint density at radius 1 is 1.24 bits per heavy atom. The van der Waals surface area contributed by atoms with Gasteiger partial charge in [-0.1, -0.05) is 12.8 Å². The summed E-state index contributed by atoms with van der Waals surface area (Å²) in [6.07, 6.45) is 6.73. The predicted octanol–water partition coefficient (Wildman–Crippen LogP) is 2.84. The topological polar surface area (TPSA) is 40.5 Å². The second-order valence-corrected chi connectivity index (χ2v) is 6.07. The number of hydrogen-bond donors (Lipinski definition) is 2. The highest BCUT2D eigenvalue weighted by molar-refractivity contribution is 7.07. The van der Waals surface area contributed by atoms with Crippen LogP contribution in [0.2, 0.25) is 0 Å². The molecule has 1 aliphatic carbocycles. The van der Waals surface area contributed by atoms with Crippen molar-refractivity contribution in [1.82, 2.24) is 0 Å². The van der Waals surface area contributed by atoms with E-state index in [4.69, 9.17) is 0 Å². The normalized spacial score (nSPS) is 17.8. The number of aliphatic hydroxyl groups is 2. The zero-order chi connectivity index (χ0) is 12.1. The molecule has 1 aromatic heterocycles. The SMILES string of the molecule is OCC(CO)(CCc1ccsc1)C1CCCC1. The molecule has 0 radical (unpaired) electrons. The molecule has 0 aromatic carbocycles. The van der Waals surface area contributed by atoms with E-state index in [1.807, 2.05) is 0 Å². The van der Waals surface area contributed by atoms with Gasteiger partial charge in [-0.25, -0.2) is 0 Å². The minimum atomic E-state index is -0.252. The second kappa shape index (κ2) is 5.98. The van der Waals surface area contributed by atoms with Crippen molar-refractivity contribution in [2.45, 2.75) is 38.5 Å². The van der Waals surface area contributed by atoms with Gasteiger partial charge in [-0.3, -0.25) is 0 Å². The van der Waals surface area contributed by atoms with Crippen LogP contribution in [0.5, 0.6) is 0 Å². The van der Waals surface area contributed by atoms with Gasteiger partial charge in [0.1, 0.15) is 0 Å². The average molecular weight is 254 g/mol. The Labute approximate surface area is 107 Å². The molecule has 1 heterocycles. The van der Waals surface area contributed by atoms with Gasteiger partial charge in [-0.15, -0.1) is 0 Å². The van der Waals surface area contributed by atoms with E-state index in [1.54, 1.807) is 11.3 Å². The zero-order valence-corrected chi connectivity index (χ0v) is 11.1. The fraction of sp³-hybridized carbons (Fsp3) is 0.714. The van der Waals surface area contributed by atoms with Crippen LogP contribution in [-0.4, -0.2) is 23.4 Å². The van der Waals surface area contributed by atoms with E-state index in [0.717, 1.165) is 12.8 Å². The smallest absolute Gasteiger partial charge is 0.0512 e. The molecule has 0 amide bonds. The molecular weight excluding hydrogens is 232 g/mol. The largest absolute Gasteiger partial charge is 0.396 e. The van der Waals surface area contributed by atoms with Crippen LogP contribution in [-0.2, 0) is 6.42 Å². The van der Waals surface area contributed by atoms with Crippen molar-refractivity contribution in [2.24, 2.45) is 11.3 Å². The lowest BCUT2D eigenvalue weighted by atomic mass is 9.72. The summed E-state index contributed by atoms with van der Waals surface area (Å²) in [5, 5.41) is 23.7. The molecule has 96 valence electrons. The van der Waals surface area contributed by atoms with Gasteiger partial charge in [0, 0.05) is 5.41 Å². The first-order valence-corrected chi connectivity index (χ1v) is 7.48. The lowest BCUT2D eigenvalue weighted by molar-refractivity contribution is -0.00124. The maximum Gasteiger partial charge on any atom is 0.0512 e. The molecular formula is C14H22O2S. The fourth-order valence-corrected chi connectivity index (χ4v) is 3.74. The van der Waals surface area contributed by atoms with Crippen LogP contribution in [0, 0.1) is 11.3 Å². The van der Waals surface area contributed by atoms with E-state index in [2.05, 4.69) is 16.8 Å². The Morgan fingerprint density at radius 2 is 1.94 bits per heavy atom. The van der Waals surface area contributed by atoms with Crippen LogP contribution >= 0.6 is 11.3 Å². The van der Waals surface area contributed by atoms with Gasteiger partial charge in [0.05, 0.1) is 13.2 Å². The van der Waals surface area contributed by atoms with E-state index in [-0.39, 0.29) is 18.6 Å². The molecule has 2 N–H and O–H groups in total. The van der Waals surface area contributed by atoms with E-state index >= 15 is 0 Å². The molecule has 0 unspecified atom stereocenters. The van der Waals surface area contributed by atoms with Crippen molar-refractivity contribution in [2.75, 3.05) is 13.2 Å². The van der Waals surface area contributed by atoms with Crippen LogP contribution in [0.15, 0.2) is 16.8 Å². The molecule has 1 aromatic rings. The molecule has 1 aliphatic rings. The Bertz CT molecular complexity index is 311. The Morgan fingerprint density at radius 3 is 2.47 bits per heavy atom. The third kappa shape index (κ3) is 2.90. The summed E-state index contributed by atoms with van der Waals surface area (Å²) < 4.78 is 0. The van der Waals surface area contributed by atoms with Gasteiger partial charge in [-0.2, -0.15) is 11.3 Å². The van der Waals surface area contributed by atoms with Crippen LogP contribution in [0.25, 0.3) is 0 Å². The first kappa shape index (κ1) is 13.1. The lowest BCUT2D eigenvalue weighted by Gasteiger charge is -2.36. The predicted molar refractivity (Wildman–Crippen MR) is 71.2 cm³/mol. The minimum absolute atomic E-state index is 0.123. The molecule has 3 heteroatoms. The van der Waals surface area contributed by atoms with Crippen LogP contribution in [0.4, 0.5) is 0 Å². The van der Waals surface area contributed by atoms with Gasteiger partial charge in [0.15, 0.2) is 0 Å². The molecule has 0 bridgehead atoms.